The number of carbonyl (C=O) groups excluding carboxylic acids is 1. The smallest absolute Gasteiger partial charge is 0.218 e. The van der Waals surface area contributed by atoms with Crippen molar-refractivity contribution in [2.45, 2.75) is 19.3 Å². The molecule has 0 aliphatic rings. The molecule has 4 nitrogen and oxygen atoms in total. The van der Waals surface area contributed by atoms with Crippen LogP contribution in [0.5, 0.6) is 0 Å². The molecule has 3 N–H and O–H groups in total. The molecule has 0 bridgehead atoms. The number of aromatic amines is 1. The summed E-state index contributed by atoms with van der Waals surface area (Å²) in [6, 6.07) is 1.84. The molecule has 0 aromatic carbocycles. The van der Waals surface area contributed by atoms with Crippen LogP contribution in [-0.2, 0) is 4.79 Å². The lowest BCUT2D eigenvalue weighted by Crippen LogP contribution is -2.13. The maximum Gasteiger partial charge on any atom is 0.218 e. The van der Waals surface area contributed by atoms with Crippen molar-refractivity contribution in [1.82, 2.24) is 10.2 Å². The van der Waals surface area contributed by atoms with Gasteiger partial charge in [0.05, 0.1) is 5.69 Å². The Balaban J connectivity index is 2.56. The van der Waals surface area contributed by atoms with Crippen LogP contribution in [0, 0.1) is 0 Å². The average Bonchev–Trinajstić information content (AvgIpc) is 2.35. The number of nitrogens with zero attached hydrogens (tertiary/aromatic N) is 1. The van der Waals surface area contributed by atoms with Crippen LogP contribution in [0.2, 0.25) is 0 Å². The van der Waals surface area contributed by atoms with Crippen molar-refractivity contribution in [2.24, 2.45) is 5.73 Å². The van der Waals surface area contributed by atoms with Gasteiger partial charge in [0.15, 0.2) is 0 Å². The normalized spacial score (nSPS) is 12.8. The van der Waals surface area contributed by atoms with Gasteiger partial charge in [-0.1, -0.05) is 6.92 Å². The van der Waals surface area contributed by atoms with Gasteiger partial charge < -0.3 is 5.73 Å². The summed E-state index contributed by atoms with van der Waals surface area (Å²) in [6.45, 7) is 1.92. The van der Waals surface area contributed by atoms with Crippen LogP contribution in [0.15, 0.2) is 12.3 Å². The zero-order chi connectivity index (χ0) is 8.27. The third kappa shape index (κ3) is 2.07. The highest BCUT2D eigenvalue weighted by Gasteiger charge is 2.09. The van der Waals surface area contributed by atoms with E-state index in [1.54, 1.807) is 6.20 Å². The fourth-order valence-corrected chi connectivity index (χ4v) is 0.953. The van der Waals surface area contributed by atoms with E-state index in [-0.39, 0.29) is 11.8 Å². The molecule has 1 aromatic heterocycles. The minimum Gasteiger partial charge on any atom is -0.370 e. The summed E-state index contributed by atoms with van der Waals surface area (Å²) in [5.41, 5.74) is 5.90. The third-order valence-corrected chi connectivity index (χ3v) is 1.53. The number of hydrogen-bond acceptors (Lipinski definition) is 2. The van der Waals surface area contributed by atoms with Gasteiger partial charge in [-0.05, 0) is 6.07 Å². The predicted octanol–water partition coefficient (Wildman–Crippen LogP) is 0.389. The Morgan fingerprint density at radius 2 is 2.64 bits per heavy atom. The highest BCUT2D eigenvalue weighted by Crippen LogP contribution is 2.14. The Morgan fingerprint density at radius 3 is 3.09 bits per heavy atom. The summed E-state index contributed by atoms with van der Waals surface area (Å²) in [6.07, 6.45) is 2.08. The number of nitrogens with two attached hydrogens (primary N) is 1. The quantitative estimate of drug-likeness (QED) is 0.659. The van der Waals surface area contributed by atoms with E-state index in [2.05, 4.69) is 10.2 Å². The van der Waals surface area contributed by atoms with Gasteiger partial charge in [0.2, 0.25) is 5.91 Å². The molecule has 0 saturated heterocycles. The molecule has 0 aliphatic heterocycles. The van der Waals surface area contributed by atoms with Crippen molar-refractivity contribution >= 4 is 5.91 Å². The Kier molecular flexibility index (Phi) is 2.25. The summed E-state index contributed by atoms with van der Waals surface area (Å²) < 4.78 is 0. The van der Waals surface area contributed by atoms with Crippen molar-refractivity contribution in [2.75, 3.05) is 0 Å². The minimum atomic E-state index is -0.291. The number of amides is 1. The number of H-pyrrole nitrogens is 1. The van der Waals surface area contributed by atoms with E-state index in [9.17, 15) is 4.79 Å². The predicted molar refractivity (Wildman–Crippen MR) is 40.8 cm³/mol. The second-order valence-electron chi connectivity index (χ2n) is 2.57. The molecule has 1 amide bonds. The monoisotopic (exact) mass is 153 g/mol. The summed E-state index contributed by atoms with van der Waals surface area (Å²) in [7, 11) is 0. The number of aromatic nitrogens is 2. The highest BCUT2D eigenvalue weighted by molar-refractivity contribution is 5.74. The van der Waals surface area contributed by atoms with Crippen molar-refractivity contribution < 1.29 is 4.79 Å². The van der Waals surface area contributed by atoms with Gasteiger partial charge >= 0.3 is 0 Å². The van der Waals surface area contributed by atoms with Crippen molar-refractivity contribution in [3.8, 4) is 0 Å². The van der Waals surface area contributed by atoms with Crippen LogP contribution in [0.1, 0.15) is 25.0 Å². The lowest BCUT2D eigenvalue weighted by atomic mass is 10.0. The van der Waals surface area contributed by atoms with Gasteiger partial charge in [0, 0.05) is 18.5 Å². The molecule has 1 aromatic rings. The van der Waals surface area contributed by atoms with Crippen molar-refractivity contribution in [1.29, 1.82) is 0 Å². The maximum absolute atomic E-state index is 10.5. The molecule has 1 rings (SSSR count). The summed E-state index contributed by atoms with van der Waals surface area (Å²) in [5, 5.41) is 6.62. The van der Waals surface area contributed by atoms with Crippen LogP contribution in [0.4, 0.5) is 0 Å². The van der Waals surface area contributed by atoms with Gasteiger partial charge in [-0.2, -0.15) is 5.10 Å². The van der Waals surface area contributed by atoms with E-state index in [1.165, 1.54) is 0 Å². The van der Waals surface area contributed by atoms with Crippen LogP contribution in [0.3, 0.4) is 0 Å². The fourth-order valence-electron chi connectivity index (χ4n) is 0.953. The minimum absolute atomic E-state index is 0.110. The second-order valence-corrected chi connectivity index (χ2v) is 2.57. The molecule has 0 saturated carbocycles. The fraction of sp³-hybridized carbons (Fsp3) is 0.429. The molecule has 0 spiro atoms. The van der Waals surface area contributed by atoms with Gasteiger partial charge in [-0.15, -0.1) is 0 Å². The third-order valence-electron chi connectivity index (χ3n) is 1.53. The summed E-state index contributed by atoms with van der Waals surface area (Å²) in [4.78, 5) is 10.5. The topological polar surface area (TPSA) is 71.8 Å². The molecule has 4 heteroatoms. The summed E-state index contributed by atoms with van der Waals surface area (Å²) >= 11 is 0. The van der Waals surface area contributed by atoms with E-state index in [4.69, 9.17) is 5.73 Å². The number of primary amides is 1. The molecule has 0 radical (unpaired) electrons. The largest absolute Gasteiger partial charge is 0.370 e. The van der Waals surface area contributed by atoms with Gasteiger partial charge in [-0.25, -0.2) is 0 Å². The van der Waals surface area contributed by atoms with E-state index >= 15 is 0 Å². The lowest BCUT2D eigenvalue weighted by Gasteiger charge is -2.03. The zero-order valence-electron chi connectivity index (χ0n) is 6.37. The first-order valence-electron chi connectivity index (χ1n) is 3.48. The van der Waals surface area contributed by atoms with Gasteiger partial charge in [0.1, 0.15) is 0 Å². The molecular weight excluding hydrogens is 142 g/mol. The van der Waals surface area contributed by atoms with E-state index < -0.39 is 0 Å². The lowest BCUT2D eigenvalue weighted by molar-refractivity contribution is -0.118. The second kappa shape index (κ2) is 3.18. The van der Waals surface area contributed by atoms with E-state index in [0.717, 1.165) is 5.69 Å². The molecule has 0 aliphatic carbocycles. The average molecular weight is 153 g/mol. The van der Waals surface area contributed by atoms with E-state index in [1.807, 2.05) is 13.0 Å². The molecule has 0 fully saturated rings. The van der Waals surface area contributed by atoms with Gasteiger partial charge in [0.25, 0.3) is 0 Å². The molecule has 1 atom stereocenters. The van der Waals surface area contributed by atoms with Crippen LogP contribution < -0.4 is 5.73 Å². The number of hydrogen-bond donors (Lipinski definition) is 2. The van der Waals surface area contributed by atoms with Crippen LogP contribution >= 0.6 is 0 Å². The van der Waals surface area contributed by atoms with Gasteiger partial charge in [-0.3, -0.25) is 9.89 Å². The Morgan fingerprint density at radius 1 is 1.91 bits per heavy atom. The molecule has 11 heavy (non-hydrogen) atoms. The first-order valence-corrected chi connectivity index (χ1v) is 3.48. The zero-order valence-corrected chi connectivity index (χ0v) is 6.37. The van der Waals surface area contributed by atoms with E-state index in [0.29, 0.717) is 6.42 Å². The van der Waals surface area contributed by atoms with Crippen LogP contribution in [0.25, 0.3) is 0 Å². The van der Waals surface area contributed by atoms with Crippen LogP contribution in [-0.4, -0.2) is 16.1 Å². The molecule has 1 heterocycles. The number of rotatable bonds is 3. The van der Waals surface area contributed by atoms with Crippen molar-refractivity contribution in [3.63, 3.8) is 0 Å². The number of nitrogens with one attached hydrogen (secondary N) is 1. The molecule has 60 valence electrons. The Labute approximate surface area is 64.8 Å². The Bertz CT molecular complexity index is 230. The highest BCUT2D eigenvalue weighted by atomic mass is 16.1. The first-order chi connectivity index (χ1) is 5.20. The van der Waals surface area contributed by atoms with Crippen molar-refractivity contribution in [3.05, 3.63) is 18.0 Å². The maximum atomic E-state index is 10.5. The number of carbonyl (C=O) groups is 1. The molecule has 1 unspecified atom stereocenters. The standard InChI is InChI=1S/C7H11N3O/c1-5(4-7(8)11)6-2-3-9-10-6/h2-3,5H,4H2,1H3,(H2,8,11)(H,9,10). The summed E-state index contributed by atoms with van der Waals surface area (Å²) in [5.74, 6) is -0.181. The first kappa shape index (κ1) is 7.78. The molecular formula is C7H11N3O. The Hall–Kier alpha value is -1.32. The SMILES string of the molecule is CC(CC(N)=O)c1cc[nH]n1.